The van der Waals surface area contributed by atoms with Gasteiger partial charge < -0.3 is 0 Å². The molecule has 0 aliphatic heterocycles. The largest absolute Gasteiger partial charge is 0.299 e. The molecule has 0 radical (unpaired) electrons. The molecule has 0 spiro atoms. The van der Waals surface area contributed by atoms with Crippen LogP contribution >= 0.6 is 34.7 Å². The second-order valence-corrected chi connectivity index (χ2v) is 11.5. The van der Waals surface area contributed by atoms with E-state index in [0.29, 0.717) is 20.2 Å². The SMILES string of the molecule is CC[C@@H](C(=O)Nc1nnc(SCc2ccccc2)s1)N(c1ccc(C)c(Cl)c1)S(C)(=O)=O. The van der Waals surface area contributed by atoms with Gasteiger partial charge in [0, 0.05) is 10.8 Å². The Labute approximate surface area is 201 Å². The fourth-order valence-electron chi connectivity index (χ4n) is 3.01. The third-order valence-electron chi connectivity index (χ3n) is 4.58. The van der Waals surface area contributed by atoms with Crippen LogP contribution < -0.4 is 9.62 Å². The van der Waals surface area contributed by atoms with Crippen molar-refractivity contribution in [3.63, 3.8) is 0 Å². The molecule has 0 unspecified atom stereocenters. The van der Waals surface area contributed by atoms with Gasteiger partial charge in [-0.3, -0.25) is 14.4 Å². The highest BCUT2D eigenvalue weighted by molar-refractivity contribution is 8.00. The van der Waals surface area contributed by atoms with Crippen molar-refractivity contribution in [2.24, 2.45) is 0 Å². The lowest BCUT2D eigenvalue weighted by Crippen LogP contribution is -2.47. The summed E-state index contributed by atoms with van der Waals surface area (Å²) in [7, 11) is -3.75. The summed E-state index contributed by atoms with van der Waals surface area (Å²) in [6.07, 6.45) is 1.33. The number of benzene rings is 2. The van der Waals surface area contributed by atoms with Crippen molar-refractivity contribution in [1.82, 2.24) is 10.2 Å². The van der Waals surface area contributed by atoms with E-state index in [9.17, 15) is 13.2 Å². The molecule has 1 N–H and O–H groups in total. The van der Waals surface area contributed by atoms with Gasteiger partial charge in [0.2, 0.25) is 21.1 Å². The third kappa shape index (κ3) is 6.22. The Morgan fingerprint density at radius 1 is 1.22 bits per heavy atom. The molecule has 0 fully saturated rings. The van der Waals surface area contributed by atoms with E-state index in [1.54, 1.807) is 25.1 Å². The van der Waals surface area contributed by atoms with Crippen LogP contribution in [0.1, 0.15) is 24.5 Å². The molecule has 0 saturated heterocycles. The Bertz CT molecular complexity index is 1190. The molecule has 1 amide bonds. The standard InChI is InChI=1S/C21H23ClN4O3S3/c1-4-18(26(32(3,28)29)16-11-10-14(2)17(22)12-16)19(27)23-20-24-25-21(31-20)30-13-15-8-6-5-7-9-15/h5-12,18H,4,13H2,1-3H3,(H,23,24,27)/t18-/m0/s1. The molecular weight excluding hydrogens is 488 g/mol. The van der Waals surface area contributed by atoms with Gasteiger partial charge in [0.25, 0.3) is 0 Å². The average molecular weight is 511 g/mol. The Morgan fingerprint density at radius 3 is 2.56 bits per heavy atom. The molecule has 3 rings (SSSR count). The van der Waals surface area contributed by atoms with Crippen molar-refractivity contribution in [3.05, 3.63) is 64.7 Å². The molecular formula is C21H23ClN4O3S3. The van der Waals surface area contributed by atoms with Crippen LogP contribution in [0.2, 0.25) is 5.02 Å². The zero-order valence-corrected chi connectivity index (χ0v) is 21.0. The lowest BCUT2D eigenvalue weighted by atomic mass is 10.1. The van der Waals surface area contributed by atoms with Crippen LogP contribution in [0.25, 0.3) is 0 Å². The highest BCUT2D eigenvalue weighted by Crippen LogP contribution is 2.30. The molecule has 1 atom stereocenters. The van der Waals surface area contributed by atoms with Crippen LogP contribution in [-0.4, -0.2) is 36.8 Å². The number of thioether (sulfide) groups is 1. The van der Waals surface area contributed by atoms with Gasteiger partial charge in [-0.15, -0.1) is 10.2 Å². The number of hydrogen-bond acceptors (Lipinski definition) is 7. The Balaban J connectivity index is 1.75. The fourth-order valence-corrected chi connectivity index (χ4v) is 6.09. The monoisotopic (exact) mass is 510 g/mol. The van der Waals surface area contributed by atoms with Crippen molar-refractivity contribution < 1.29 is 13.2 Å². The average Bonchev–Trinajstić information content (AvgIpc) is 3.19. The minimum absolute atomic E-state index is 0.263. The Morgan fingerprint density at radius 2 is 1.94 bits per heavy atom. The van der Waals surface area contributed by atoms with E-state index in [4.69, 9.17) is 11.6 Å². The molecule has 0 saturated carbocycles. The van der Waals surface area contributed by atoms with E-state index >= 15 is 0 Å². The van der Waals surface area contributed by atoms with Crippen LogP contribution in [0.5, 0.6) is 0 Å². The summed E-state index contributed by atoms with van der Waals surface area (Å²) in [6.45, 7) is 3.57. The Kier molecular flexibility index (Phi) is 8.16. The van der Waals surface area contributed by atoms with Crippen molar-refractivity contribution >= 4 is 61.4 Å². The number of nitrogens with one attached hydrogen (secondary N) is 1. The van der Waals surface area contributed by atoms with Gasteiger partial charge in [0.05, 0.1) is 11.9 Å². The fraction of sp³-hybridized carbons (Fsp3) is 0.286. The van der Waals surface area contributed by atoms with Crippen LogP contribution in [0.4, 0.5) is 10.8 Å². The molecule has 170 valence electrons. The molecule has 0 aliphatic rings. The first-order valence-electron chi connectivity index (χ1n) is 9.75. The van der Waals surface area contributed by atoms with Gasteiger partial charge in [-0.05, 0) is 36.6 Å². The Hall–Kier alpha value is -2.14. The van der Waals surface area contributed by atoms with E-state index in [1.807, 2.05) is 37.3 Å². The quantitative estimate of drug-likeness (QED) is 0.322. The zero-order chi connectivity index (χ0) is 23.3. The molecule has 0 bridgehead atoms. The number of hydrogen-bond donors (Lipinski definition) is 1. The first kappa shape index (κ1) is 24.5. The second kappa shape index (κ2) is 10.7. The van der Waals surface area contributed by atoms with Crippen LogP contribution in [-0.2, 0) is 20.6 Å². The second-order valence-electron chi connectivity index (χ2n) is 7.05. The summed E-state index contributed by atoms with van der Waals surface area (Å²) in [5.41, 5.74) is 2.31. The highest BCUT2D eigenvalue weighted by atomic mass is 35.5. The number of halogens is 1. The topological polar surface area (TPSA) is 92.3 Å². The lowest BCUT2D eigenvalue weighted by Gasteiger charge is -2.30. The summed E-state index contributed by atoms with van der Waals surface area (Å²) in [5.74, 6) is 0.252. The molecule has 1 aromatic heterocycles. The molecule has 2 aromatic carbocycles. The van der Waals surface area contributed by atoms with Crippen LogP contribution in [0.15, 0.2) is 52.9 Å². The predicted octanol–water partition coefficient (Wildman–Crippen LogP) is 4.98. The lowest BCUT2D eigenvalue weighted by molar-refractivity contribution is -0.117. The first-order chi connectivity index (χ1) is 15.2. The number of aryl methyl sites for hydroxylation is 1. The van der Waals surface area contributed by atoms with Crippen LogP contribution in [0.3, 0.4) is 0 Å². The maximum atomic E-state index is 13.0. The van der Waals surface area contributed by atoms with E-state index in [0.717, 1.165) is 27.4 Å². The summed E-state index contributed by atoms with van der Waals surface area (Å²) in [6, 6.07) is 13.9. The third-order valence-corrected chi connectivity index (χ3v) is 8.21. The molecule has 3 aromatic rings. The van der Waals surface area contributed by atoms with Gasteiger partial charge in [0.1, 0.15) is 6.04 Å². The van der Waals surface area contributed by atoms with E-state index in [2.05, 4.69) is 15.5 Å². The number of nitrogens with zero attached hydrogens (tertiary/aromatic N) is 3. The number of carbonyl (C=O) groups excluding carboxylic acids is 1. The molecule has 7 nitrogen and oxygen atoms in total. The van der Waals surface area contributed by atoms with Gasteiger partial charge in [-0.2, -0.15) is 0 Å². The smallest absolute Gasteiger partial charge is 0.250 e. The van der Waals surface area contributed by atoms with Gasteiger partial charge in [-0.25, -0.2) is 8.42 Å². The van der Waals surface area contributed by atoms with Crippen molar-refractivity contribution in [1.29, 1.82) is 0 Å². The van der Waals surface area contributed by atoms with E-state index < -0.39 is 22.0 Å². The zero-order valence-electron chi connectivity index (χ0n) is 17.8. The maximum Gasteiger partial charge on any atom is 0.250 e. The highest BCUT2D eigenvalue weighted by Gasteiger charge is 2.32. The summed E-state index contributed by atoms with van der Waals surface area (Å²) < 4.78 is 27.0. The summed E-state index contributed by atoms with van der Waals surface area (Å²) in [4.78, 5) is 13.0. The number of anilines is 2. The normalized spacial score (nSPS) is 12.4. The van der Waals surface area contributed by atoms with Crippen LogP contribution in [0, 0.1) is 6.92 Å². The van der Waals surface area contributed by atoms with Gasteiger partial charge in [-0.1, -0.05) is 78.0 Å². The summed E-state index contributed by atoms with van der Waals surface area (Å²) >= 11 is 8.97. The maximum absolute atomic E-state index is 13.0. The van der Waals surface area contributed by atoms with E-state index in [-0.39, 0.29) is 6.42 Å². The predicted molar refractivity (Wildman–Crippen MR) is 132 cm³/mol. The molecule has 1 heterocycles. The first-order valence-corrected chi connectivity index (χ1v) is 13.8. The molecule has 0 aliphatic carbocycles. The minimum Gasteiger partial charge on any atom is -0.299 e. The van der Waals surface area contributed by atoms with Gasteiger partial charge in [0.15, 0.2) is 4.34 Å². The number of amides is 1. The van der Waals surface area contributed by atoms with Crippen molar-refractivity contribution in [3.8, 4) is 0 Å². The molecule has 11 heteroatoms. The van der Waals surface area contributed by atoms with Crippen molar-refractivity contribution in [2.75, 3.05) is 15.9 Å². The number of rotatable bonds is 9. The molecule has 32 heavy (non-hydrogen) atoms. The van der Waals surface area contributed by atoms with E-state index in [1.165, 1.54) is 23.1 Å². The number of carbonyl (C=O) groups is 1. The number of sulfonamides is 1. The van der Waals surface area contributed by atoms with Gasteiger partial charge >= 0.3 is 0 Å². The summed E-state index contributed by atoms with van der Waals surface area (Å²) in [5, 5.41) is 11.6. The number of aromatic nitrogens is 2. The minimum atomic E-state index is -3.75. The van der Waals surface area contributed by atoms with Crippen molar-refractivity contribution in [2.45, 2.75) is 36.4 Å².